The van der Waals surface area contributed by atoms with Gasteiger partial charge in [0.1, 0.15) is 0 Å². The first-order chi connectivity index (χ1) is 0. The van der Waals surface area contributed by atoms with Gasteiger partial charge in [0.2, 0.25) is 0 Å². The second-order valence-corrected chi connectivity index (χ2v) is 0. The van der Waals surface area contributed by atoms with Crippen molar-refractivity contribution in [2.75, 3.05) is 0 Å². The van der Waals surface area contributed by atoms with Crippen LogP contribution < -0.4 is 0 Å². The average molecular weight is 270 g/mol. The summed E-state index contributed by atoms with van der Waals surface area (Å²) >= 11 is 0. The summed E-state index contributed by atoms with van der Waals surface area (Å²) in [5.41, 5.74) is 0. The van der Waals surface area contributed by atoms with Gasteiger partial charge in [0.25, 0.3) is 0 Å². The van der Waals surface area contributed by atoms with Gasteiger partial charge in [-0.1, -0.05) is 0 Å². The van der Waals surface area contributed by atoms with Crippen LogP contribution in [0.25, 0.3) is 0 Å². The predicted octanol–water partition coefficient (Wildman–Crippen LogP) is -0.634. The molecule has 0 amide bonds. The Kier molecular flexibility index (Phi) is 781. The molecule has 0 nitrogen and oxygen atoms in total. The zero-order valence-corrected chi connectivity index (χ0v) is 6.36. The molecular formula is H9B2Br3. The summed E-state index contributed by atoms with van der Waals surface area (Å²) in [5, 5.41) is 0. The van der Waals surface area contributed by atoms with E-state index in [1.807, 2.05) is 0 Å². The number of halogens is 3. The van der Waals surface area contributed by atoms with Crippen molar-refractivity contribution in [2.24, 2.45) is 0 Å². The molecule has 0 fully saturated rings. The second-order valence-electron chi connectivity index (χ2n) is 0. The van der Waals surface area contributed by atoms with Gasteiger partial charge < -0.3 is 0 Å². The molecule has 0 rings (SSSR count). The molecule has 0 aromatic rings. The summed E-state index contributed by atoms with van der Waals surface area (Å²) in [7, 11) is 0. The Balaban J connectivity index is 0. The van der Waals surface area contributed by atoms with Crippen LogP contribution in [-0.4, -0.2) is 16.8 Å². The lowest BCUT2D eigenvalue weighted by atomic mass is 10.8. The third-order valence-electron chi connectivity index (χ3n) is 0. The van der Waals surface area contributed by atoms with Gasteiger partial charge in [-0.2, -0.15) is 0 Å². The van der Waals surface area contributed by atoms with Crippen LogP contribution in [0, 0.1) is 0 Å². The van der Waals surface area contributed by atoms with Crippen molar-refractivity contribution in [2.45, 2.75) is 0 Å². The second kappa shape index (κ2) is 47.2. The van der Waals surface area contributed by atoms with E-state index < -0.39 is 0 Å². The van der Waals surface area contributed by atoms with E-state index in [2.05, 4.69) is 0 Å². The van der Waals surface area contributed by atoms with E-state index >= 15 is 0 Å². The molecule has 0 saturated heterocycles. The highest BCUT2D eigenvalue weighted by Gasteiger charge is 0.0824. The highest BCUT2D eigenvalue weighted by molar-refractivity contribution is 8.93. The fourth-order valence-electron chi connectivity index (χ4n) is 0. The molecule has 5 heavy (non-hydrogen) atoms. The van der Waals surface area contributed by atoms with Crippen LogP contribution in [0.15, 0.2) is 0 Å². The summed E-state index contributed by atoms with van der Waals surface area (Å²) in [4.78, 5) is 0. The smallest absolute Gasteiger partial charge is 0.0814 e. The molecule has 0 aromatic heterocycles. The summed E-state index contributed by atoms with van der Waals surface area (Å²) in [6, 6.07) is 0. The first-order valence-corrected chi connectivity index (χ1v) is 0. The molecule has 0 aliphatic carbocycles. The Labute approximate surface area is 67.6 Å². The van der Waals surface area contributed by atoms with Gasteiger partial charge >= 0.3 is 0 Å². The van der Waals surface area contributed by atoms with E-state index in [-0.39, 0.29) is 67.8 Å². The van der Waals surface area contributed by atoms with Crippen molar-refractivity contribution in [1.29, 1.82) is 0 Å². The number of hydrogen-bond donors (Lipinski definition) is 0. The SMILES string of the molecule is B.B.Br.Br.Br. The molecule has 36 valence electrons. The number of hydrogen-bond acceptors (Lipinski definition) is 0. The lowest BCUT2D eigenvalue weighted by Gasteiger charge is -0.115. The summed E-state index contributed by atoms with van der Waals surface area (Å²) in [5.74, 6) is 0. The van der Waals surface area contributed by atoms with E-state index in [4.69, 9.17) is 0 Å². The molecule has 0 heterocycles. The first-order valence-electron chi connectivity index (χ1n) is 0. The molecule has 0 spiro atoms. The van der Waals surface area contributed by atoms with Crippen molar-refractivity contribution in [3.63, 3.8) is 0 Å². The maximum absolute atomic E-state index is 0. The zero-order valence-electron chi connectivity index (χ0n) is 1.22. The van der Waals surface area contributed by atoms with Gasteiger partial charge in [0.15, 0.2) is 0 Å². The van der Waals surface area contributed by atoms with Crippen molar-refractivity contribution in [3.8, 4) is 0 Å². The quantitative estimate of drug-likeness (QED) is 0.514. The van der Waals surface area contributed by atoms with E-state index in [1.165, 1.54) is 0 Å². The third-order valence-corrected chi connectivity index (χ3v) is 0. The fourth-order valence-corrected chi connectivity index (χ4v) is 0. The lowest BCUT2D eigenvalue weighted by molar-refractivity contribution is 5.75. The highest BCUT2D eigenvalue weighted by Crippen LogP contribution is 0.848. The predicted molar refractivity (Wildman–Crippen MR) is 50.8 cm³/mol. The Hall–Kier alpha value is 1.57. The molecule has 0 unspecified atom stereocenters. The molecule has 0 radical (unpaired) electrons. The van der Waals surface area contributed by atoms with Gasteiger partial charge in [-0.15, -0.1) is 50.9 Å². The topological polar surface area (TPSA) is 0 Å². The van der Waals surface area contributed by atoms with Gasteiger partial charge in [-0.3, -0.25) is 0 Å². The van der Waals surface area contributed by atoms with Crippen LogP contribution in [0.1, 0.15) is 0 Å². The minimum absolute atomic E-state index is 0. The minimum atomic E-state index is 0. The van der Waals surface area contributed by atoms with Crippen LogP contribution in [0.5, 0.6) is 0 Å². The Morgan fingerprint density at radius 2 is 0.400 bits per heavy atom. The Bertz CT molecular complexity index is 4.85. The van der Waals surface area contributed by atoms with E-state index in [0.717, 1.165) is 0 Å². The van der Waals surface area contributed by atoms with Gasteiger partial charge in [0, 0.05) is 0 Å². The van der Waals surface area contributed by atoms with Crippen LogP contribution in [0.2, 0.25) is 0 Å². The average Bonchev–Trinajstić information content (AvgIpc) is 0. The minimum Gasteiger partial charge on any atom is -0.114 e. The maximum Gasteiger partial charge on any atom is 0.0814 e. The summed E-state index contributed by atoms with van der Waals surface area (Å²) < 4.78 is 0. The van der Waals surface area contributed by atoms with Crippen molar-refractivity contribution < 1.29 is 0 Å². The molecule has 0 atom stereocenters. The van der Waals surface area contributed by atoms with Gasteiger partial charge in [-0.05, 0) is 0 Å². The van der Waals surface area contributed by atoms with Gasteiger partial charge in [0.05, 0.1) is 16.8 Å². The van der Waals surface area contributed by atoms with Crippen molar-refractivity contribution in [1.82, 2.24) is 0 Å². The molecule has 0 bridgehead atoms. The molecule has 5 heteroatoms. The third kappa shape index (κ3) is 28.8. The van der Waals surface area contributed by atoms with Crippen LogP contribution in [0.4, 0.5) is 0 Å². The molecule has 0 saturated carbocycles. The largest absolute Gasteiger partial charge is 0.114 e. The molecule has 0 aromatic carbocycles. The molecule has 0 aliphatic rings. The Morgan fingerprint density at radius 3 is 0.400 bits per heavy atom. The summed E-state index contributed by atoms with van der Waals surface area (Å²) in [6.07, 6.45) is 0. The van der Waals surface area contributed by atoms with E-state index in [1.54, 1.807) is 0 Å². The van der Waals surface area contributed by atoms with Crippen molar-refractivity contribution >= 4 is 67.8 Å². The summed E-state index contributed by atoms with van der Waals surface area (Å²) in [6.45, 7) is 0. The van der Waals surface area contributed by atoms with Crippen molar-refractivity contribution in [3.05, 3.63) is 0 Å². The molecular weight excluding hydrogens is 261 g/mol. The van der Waals surface area contributed by atoms with Crippen LogP contribution >= 0.6 is 50.9 Å². The monoisotopic (exact) mass is 268 g/mol. The standard InChI is InChI=1S/2BH3.3BrH/h2*1H3;3*1H. The Morgan fingerprint density at radius 1 is 0.400 bits per heavy atom. The molecule has 0 aliphatic heterocycles. The van der Waals surface area contributed by atoms with Gasteiger partial charge in [-0.25, -0.2) is 0 Å². The normalized spacial score (nSPS) is 0. The lowest BCUT2D eigenvalue weighted by Crippen LogP contribution is -0.382. The number of rotatable bonds is 0. The van der Waals surface area contributed by atoms with Crippen LogP contribution in [0.3, 0.4) is 0 Å². The highest BCUT2D eigenvalue weighted by atomic mass is 79.9. The van der Waals surface area contributed by atoms with Crippen LogP contribution in [-0.2, 0) is 0 Å². The fraction of sp³-hybridized carbons (Fsp3) is 0. The first kappa shape index (κ1) is 82.7. The maximum atomic E-state index is 0. The molecule has 0 N–H and O–H groups in total. The van der Waals surface area contributed by atoms with E-state index in [0.29, 0.717) is 0 Å². The van der Waals surface area contributed by atoms with E-state index in [9.17, 15) is 0 Å². The zero-order chi connectivity index (χ0) is 0.